The number of methoxy groups -OCH3 is 1. The average Bonchev–Trinajstić information content (AvgIpc) is 2.91. The van der Waals surface area contributed by atoms with Gasteiger partial charge in [0, 0.05) is 11.8 Å². The van der Waals surface area contributed by atoms with E-state index in [1.165, 1.54) is 25.6 Å². The van der Waals surface area contributed by atoms with Crippen molar-refractivity contribution in [3.63, 3.8) is 0 Å². The average molecular weight is 331 g/mol. The van der Waals surface area contributed by atoms with Crippen LogP contribution in [-0.4, -0.2) is 48.0 Å². The summed E-state index contributed by atoms with van der Waals surface area (Å²) in [5.41, 5.74) is 0.279. The number of ether oxygens (including phenoxy) is 1. The molecule has 0 aliphatic rings. The predicted molar refractivity (Wildman–Crippen MR) is 72.8 cm³/mol. The minimum absolute atomic E-state index is 0.00236. The van der Waals surface area contributed by atoms with Crippen molar-refractivity contribution in [2.75, 3.05) is 13.4 Å². The predicted octanol–water partition coefficient (Wildman–Crippen LogP) is 0.565. The molecule has 0 unspecified atom stereocenters. The van der Waals surface area contributed by atoms with Gasteiger partial charge < -0.3 is 4.74 Å². The monoisotopic (exact) mass is 330 g/mol. The van der Waals surface area contributed by atoms with E-state index in [2.05, 4.69) is 20.1 Å². The SMILES string of the molecule is COC(=O)c1ccc(S(C)(=O)=O)c(Cn2ncnn2)c1Cl. The number of hydrogen-bond acceptors (Lipinski definition) is 7. The molecule has 1 aromatic carbocycles. The van der Waals surface area contributed by atoms with Crippen LogP contribution in [0.2, 0.25) is 5.02 Å². The summed E-state index contributed by atoms with van der Waals surface area (Å²) >= 11 is 6.16. The van der Waals surface area contributed by atoms with Crippen LogP contribution in [0, 0.1) is 0 Å². The fourth-order valence-electron chi connectivity index (χ4n) is 1.77. The third-order valence-electron chi connectivity index (χ3n) is 2.70. The molecule has 8 nitrogen and oxygen atoms in total. The van der Waals surface area contributed by atoms with E-state index in [9.17, 15) is 13.2 Å². The largest absolute Gasteiger partial charge is 0.465 e. The number of halogens is 1. The number of benzene rings is 1. The Kier molecular flexibility index (Phi) is 4.24. The van der Waals surface area contributed by atoms with Crippen molar-refractivity contribution in [1.82, 2.24) is 20.2 Å². The molecule has 2 rings (SSSR count). The molecular formula is C11H11ClN4O4S. The Balaban J connectivity index is 2.63. The van der Waals surface area contributed by atoms with Crippen molar-refractivity contribution >= 4 is 27.4 Å². The molecule has 0 bridgehead atoms. The first kappa shape index (κ1) is 15.4. The van der Waals surface area contributed by atoms with Crippen LogP contribution < -0.4 is 0 Å². The van der Waals surface area contributed by atoms with Gasteiger partial charge in [0.15, 0.2) is 16.2 Å². The summed E-state index contributed by atoms with van der Waals surface area (Å²) in [5, 5.41) is 11.0. The number of hydrogen-bond donors (Lipinski definition) is 0. The molecule has 1 aromatic heterocycles. The van der Waals surface area contributed by atoms with Crippen molar-refractivity contribution in [3.8, 4) is 0 Å². The van der Waals surface area contributed by atoms with Crippen molar-refractivity contribution in [2.24, 2.45) is 0 Å². The lowest BCUT2D eigenvalue weighted by molar-refractivity contribution is 0.0600. The van der Waals surface area contributed by atoms with E-state index in [1.807, 2.05) is 0 Å². The maximum atomic E-state index is 11.8. The van der Waals surface area contributed by atoms with Crippen LogP contribution in [0.3, 0.4) is 0 Å². The van der Waals surface area contributed by atoms with E-state index in [1.54, 1.807) is 0 Å². The Morgan fingerprint density at radius 3 is 2.67 bits per heavy atom. The quantitative estimate of drug-likeness (QED) is 0.754. The molecule has 0 saturated heterocycles. The summed E-state index contributed by atoms with van der Waals surface area (Å²) in [6.07, 6.45) is 2.26. The molecule has 0 aliphatic heterocycles. The van der Waals surface area contributed by atoms with Crippen molar-refractivity contribution in [1.29, 1.82) is 0 Å². The highest BCUT2D eigenvalue weighted by atomic mass is 35.5. The third kappa shape index (κ3) is 3.19. The van der Waals surface area contributed by atoms with Crippen LogP contribution in [0.1, 0.15) is 15.9 Å². The van der Waals surface area contributed by atoms with E-state index >= 15 is 0 Å². The van der Waals surface area contributed by atoms with Crippen LogP contribution in [0.5, 0.6) is 0 Å². The number of carbonyl (C=O) groups excluding carboxylic acids is 1. The van der Waals surface area contributed by atoms with Crippen LogP contribution in [0.15, 0.2) is 23.4 Å². The van der Waals surface area contributed by atoms with Gasteiger partial charge in [0.1, 0.15) is 0 Å². The molecule has 0 spiro atoms. The lowest BCUT2D eigenvalue weighted by Gasteiger charge is -2.12. The van der Waals surface area contributed by atoms with Gasteiger partial charge in [-0.15, -0.1) is 10.2 Å². The molecule has 0 aliphatic carbocycles. The minimum atomic E-state index is -3.53. The molecule has 10 heteroatoms. The molecule has 0 atom stereocenters. The highest BCUT2D eigenvalue weighted by Crippen LogP contribution is 2.29. The molecule has 21 heavy (non-hydrogen) atoms. The Hall–Kier alpha value is -2.00. The first-order valence-electron chi connectivity index (χ1n) is 5.65. The highest BCUT2D eigenvalue weighted by molar-refractivity contribution is 7.90. The summed E-state index contributed by atoms with van der Waals surface area (Å²) in [7, 11) is -2.32. The molecule has 112 valence electrons. The van der Waals surface area contributed by atoms with Crippen molar-refractivity contribution in [3.05, 3.63) is 34.6 Å². The number of aromatic nitrogens is 4. The summed E-state index contributed by atoms with van der Waals surface area (Å²) in [4.78, 5) is 12.8. The van der Waals surface area contributed by atoms with Crippen LogP contribution in [0.4, 0.5) is 0 Å². The first-order valence-corrected chi connectivity index (χ1v) is 7.92. The molecule has 1 heterocycles. The Bertz CT molecular complexity index is 774. The zero-order valence-corrected chi connectivity index (χ0v) is 12.7. The number of esters is 1. The molecule has 0 N–H and O–H groups in total. The van der Waals surface area contributed by atoms with Crippen molar-refractivity contribution < 1.29 is 17.9 Å². The second-order valence-electron chi connectivity index (χ2n) is 4.13. The zero-order valence-electron chi connectivity index (χ0n) is 11.1. The fourth-order valence-corrected chi connectivity index (χ4v) is 3.06. The summed E-state index contributed by atoms with van der Waals surface area (Å²) in [6.45, 7) is -0.0356. The van der Waals surface area contributed by atoms with E-state index < -0.39 is 15.8 Å². The molecule has 0 amide bonds. The van der Waals surface area contributed by atoms with E-state index in [-0.39, 0.29) is 27.6 Å². The van der Waals surface area contributed by atoms with Gasteiger partial charge in [-0.1, -0.05) is 11.6 Å². The molecule has 0 fully saturated rings. The molecular weight excluding hydrogens is 320 g/mol. The van der Waals surface area contributed by atoms with Gasteiger partial charge in [-0.25, -0.2) is 13.2 Å². The maximum absolute atomic E-state index is 11.8. The number of carbonyl (C=O) groups is 1. The smallest absolute Gasteiger partial charge is 0.339 e. The highest BCUT2D eigenvalue weighted by Gasteiger charge is 2.22. The van der Waals surface area contributed by atoms with Gasteiger partial charge >= 0.3 is 5.97 Å². The number of rotatable bonds is 4. The van der Waals surface area contributed by atoms with E-state index in [0.717, 1.165) is 11.1 Å². The maximum Gasteiger partial charge on any atom is 0.339 e. The fraction of sp³-hybridized carbons (Fsp3) is 0.273. The Morgan fingerprint density at radius 2 is 2.14 bits per heavy atom. The van der Waals surface area contributed by atoms with Crippen molar-refractivity contribution in [2.45, 2.75) is 11.4 Å². The minimum Gasteiger partial charge on any atom is -0.465 e. The summed E-state index contributed by atoms with van der Waals surface area (Å²) < 4.78 is 28.3. The topological polar surface area (TPSA) is 104 Å². The molecule has 0 radical (unpaired) electrons. The summed E-state index contributed by atoms with van der Waals surface area (Å²) in [5.74, 6) is -0.659. The number of sulfone groups is 1. The van der Waals surface area contributed by atoms with Crippen LogP contribution >= 0.6 is 11.6 Å². The number of nitrogens with zero attached hydrogens (tertiary/aromatic N) is 4. The van der Waals surface area contributed by atoms with E-state index in [0.29, 0.717) is 0 Å². The summed E-state index contributed by atoms with van der Waals surface area (Å²) in [6, 6.07) is 2.61. The van der Waals surface area contributed by atoms with Crippen LogP contribution in [0.25, 0.3) is 0 Å². The third-order valence-corrected chi connectivity index (χ3v) is 4.31. The normalized spacial score (nSPS) is 11.4. The van der Waals surface area contributed by atoms with Gasteiger partial charge in [-0.3, -0.25) is 0 Å². The van der Waals surface area contributed by atoms with Gasteiger partial charge in [0.05, 0.1) is 29.1 Å². The van der Waals surface area contributed by atoms with Gasteiger partial charge in [0.25, 0.3) is 0 Å². The Labute approximate surface area is 125 Å². The second kappa shape index (κ2) is 5.78. The lowest BCUT2D eigenvalue weighted by Crippen LogP contribution is -2.13. The van der Waals surface area contributed by atoms with Gasteiger partial charge in [0.2, 0.25) is 0 Å². The Morgan fingerprint density at radius 1 is 1.43 bits per heavy atom. The first-order chi connectivity index (χ1) is 9.84. The standard InChI is InChI=1S/C11H11ClN4O4S/c1-20-11(17)7-3-4-9(21(2,18)19)8(10(7)12)5-16-14-6-13-15-16/h3-4,6H,5H2,1-2H3. The lowest BCUT2D eigenvalue weighted by atomic mass is 10.1. The van der Waals surface area contributed by atoms with Crippen LogP contribution in [-0.2, 0) is 21.1 Å². The molecule has 2 aromatic rings. The second-order valence-corrected chi connectivity index (χ2v) is 6.50. The van der Waals surface area contributed by atoms with Gasteiger partial charge in [-0.05, 0) is 17.3 Å². The van der Waals surface area contributed by atoms with E-state index in [4.69, 9.17) is 11.6 Å². The molecule has 0 saturated carbocycles. The number of tetrazole rings is 1. The zero-order chi connectivity index (χ0) is 15.6. The van der Waals surface area contributed by atoms with Gasteiger partial charge in [-0.2, -0.15) is 4.80 Å².